The Morgan fingerprint density at radius 1 is 1.45 bits per heavy atom. The van der Waals surface area contributed by atoms with E-state index in [-0.39, 0.29) is 12.2 Å². The van der Waals surface area contributed by atoms with E-state index >= 15 is 0 Å². The van der Waals surface area contributed by atoms with E-state index in [1.54, 1.807) is 7.11 Å². The van der Waals surface area contributed by atoms with Gasteiger partial charge in [0.05, 0.1) is 25.2 Å². The number of carboxylic acids is 1. The van der Waals surface area contributed by atoms with E-state index in [1.165, 1.54) is 0 Å². The Kier molecular flexibility index (Phi) is 5.01. The highest BCUT2D eigenvalue weighted by Gasteiger charge is 2.29. The molecule has 4 heteroatoms. The predicted molar refractivity (Wildman–Crippen MR) is 76.0 cm³/mol. The van der Waals surface area contributed by atoms with Gasteiger partial charge in [0.25, 0.3) is 0 Å². The lowest BCUT2D eigenvalue weighted by Crippen LogP contribution is -2.23. The maximum atomic E-state index is 11.5. The van der Waals surface area contributed by atoms with Crippen molar-refractivity contribution in [1.82, 2.24) is 0 Å². The Labute approximate surface area is 119 Å². The first kappa shape index (κ1) is 14.9. The zero-order valence-electron chi connectivity index (χ0n) is 12.0. The van der Waals surface area contributed by atoms with Crippen LogP contribution in [0.5, 0.6) is 5.75 Å². The summed E-state index contributed by atoms with van der Waals surface area (Å²) in [4.78, 5) is 11.5. The van der Waals surface area contributed by atoms with Gasteiger partial charge >= 0.3 is 5.97 Å². The number of carbonyl (C=O) groups is 1. The van der Waals surface area contributed by atoms with Crippen molar-refractivity contribution >= 4 is 5.97 Å². The highest BCUT2D eigenvalue weighted by molar-refractivity contribution is 5.70. The molecule has 3 atom stereocenters. The molecule has 1 heterocycles. The Balaban J connectivity index is 2.03. The number of hydrogen-bond acceptors (Lipinski definition) is 3. The molecule has 1 N–H and O–H groups in total. The Morgan fingerprint density at radius 3 is 2.80 bits per heavy atom. The van der Waals surface area contributed by atoms with Crippen LogP contribution in [0, 0.1) is 5.92 Å². The van der Waals surface area contributed by atoms with Gasteiger partial charge in [-0.15, -0.1) is 0 Å². The van der Waals surface area contributed by atoms with Crippen LogP contribution in [0.15, 0.2) is 24.3 Å². The first-order valence-corrected chi connectivity index (χ1v) is 7.10. The van der Waals surface area contributed by atoms with Gasteiger partial charge in [0.15, 0.2) is 0 Å². The summed E-state index contributed by atoms with van der Waals surface area (Å²) in [5.74, 6) is -0.444. The van der Waals surface area contributed by atoms with Crippen molar-refractivity contribution in [2.24, 2.45) is 5.92 Å². The third-order valence-electron chi connectivity index (χ3n) is 3.88. The van der Waals surface area contributed by atoms with Gasteiger partial charge in [0.2, 0.25) is 0 Å². The summed E-state index contributed by atoms with van der Waals surface area (Å²) in [5.41, 5.74) is 0.938. The maximum absolute atomic E-state index is 11.5. The molecule has 1 aliphatic heterocycles. The summed E-state index contributed by atoms with van der Waals surface area (Å²) in [6.07, 6.45) is 3.34. The van der Waals surface area contributed by atoms with Crippen LogP contribution in [0.3, 0.4) is 0 Å². The molecule has 0 amide bonds. The average Bonchev–Trinajstić information content (AvgIpc) is 2.84. The second-order valence-electron chi connectivity index (χ2n) is 5.43. The Morgan fingerprint density at radius 2 is 2.20 bits per heavy atom. The van der Waals surface area contributed by atoms with E-state index in [0.717, 1.165) is 24.2 Å². The SMILES string of the molecule is COc1ccccc1CC(CC1CCC(C)O1)C(=O)O. The molecule has 0 saturated carbocycles. The summed E-state index contributed by atoms with van der Waals surface area (Å²) >= 11 is 0. The van der Waals surface area contributed by atoms with Crippen molar-refractivity contribution in [2.75, 3.05) is 7.11 Å². The van der Waals surface area contributed by atoms with Crippen molar-refractivity contribution in [3.8, 4) is 5.75 Å². The van der Waals surface area contributed by atoms with Gasteiger partial charge in [-0.3, -0.25) is 4.79 Å². The highest BCUT2D eigenvalue weighted by atomic mass is 16.5. The van der Waals surface area contributed by atoms with Crippen molar-refractivity contribution in [3.63, 3.8) is 0 Å². The van der Waals surface area contributed by atoms with Crippen LogP contribution in [-0.4, -0.2) is 30.4 Å². The minimum atomic E-state index is -0.765. The number of aliphatic carboxylic acids is 1. The molecular formula is C16H22O4. The average molecular weight is 278 g/mol. The minimum Gasteiger partial charge on any atom is -0.496 e. The second-order valence-corrected chi connectivity index (χ2v) is 5.43. The molecule has 1 aromatic rings. The highest BCUT2D eigenvalue weighted by Crippen LogP contribution is 2.28. The molecule has 0 radical (unpaired) electrons. The Hall–Kier alpha value is -1.55. The minimum absolute atomic E-state index is 0.0702. The third kappa shape index (κ3) is 3.73. The van der Waals surface area contributed by atoms with Crippen molar-refractivity contribution in [2.45, 2.75) is 44.8 Å². The topological polar surface area (TPSA) is 55.8 Å². The summed E-state index contributed by atoms with van der Waals surface area (Å²) < 4.78 is 11.0. The van der Waals surface area contributed by atoms with Crippen LogP contribution in [0.4, 0.5) is 0 Å². The van der Waals surface area contributed by atoms with Gasteiger partial charge in [0.1, 0.15) is 5.75 Å². The van der Waals surface area contributed by atoms with E-state index in [2.05, 4.69) is 0 Å². The molecule has 1 saturated heterocycles. The number of para-hydroxylation sites is 1. The fourth-order valence-electron chi connectivity index (χ4n) is 2.78. The lowest BCUT2D eigenvalue weighted by atomic mass is 9.92. The first-order valence-electron chi connectivity index (χ1n) is 7.10. The molecular weight excluding hydrogens is 256 g/mol. The maximum Gasteiger partial charge on any atom is 0.306 e. The number of methoxy groups -OCH3 is 1. The molecule has 2 rings (SSSR count). The van der Waals surface area contributed by atoms with Crippen molar-refractivity contribution in [1.29, 1.82) is 0 Å². The van der Waals surface area contributed by atoms with Crippen molar-refractivity contribution < 1.29 is 19.4 Å². The van der Waals surface area contributed by atoms with Crippen LogP contribution in [-0.2, 0) is 16.0 Å². The van der Waals surface area contributed by atoms with E-state index in [0.29, 0.717) is 12.8 Å². The number of hydrogen-bond donors (Lipinski definition) is 1. The molecule has 0 aromatic heterocycles. The zero-order valence-corrected chi connectivity index (χ0v) is 12.0. The molecule has 1 aliphatic rings. The van der Waals surface area contributed by atoms with Crippen molar-refractivity contribution in [3.05, 3.63) is 29.8 Å². The van der Waals surface area contributed by atoms with E-state index < -0.39 is 11.9 Å². The monoisotopic (exact) mass is 278 g/mol. The number of ether oxygens (including phenoxy) is 2. The number of carboxylic acid groups (broad SMARTS) is 1. The lowest BCUT2D eigenvalue weighted by Gasteiger charge is -2.18. The first-order chi connectivity index (χ1) is 9.60. The normalized spacial score (nSPS) is 23.5. The lowest BCUT2D eigenvalue weighted by molar-refractivity contribution is -0.143. The van der Waals surface area contributed by atoms with Gasteiger partial charge in [-0.05, 0) is 44.2 Å². The van der Waals surface area contributed by atoms with E-state index in [9.17, 15) is 9.90 Å². The molecule has 4 nitrogen and oxygen atoms in total. The summed E-state index contributed by atoms with van der Waals surface area (Å²) in [5, 5.41) is 9.43. The largest absolute Gasteiger partial charge is 0.496 e. The zero-order chi connectivity index (χ0) is 14.5. The van der Waals surface area contributed by atoms with Crippen LogP contribution in [0.2, 0.25) is 0 Å². The molecule has 0 spiro atoms. The van der Waals surface area contributed by atoms with Crippen LogP contribution in [0.1, 0.15) is 31.7 Å². The molecule has 1 aromatic carbocycles. The molecule has 20 heavy (non-hydrogen) atoms. The van der Waals surface area contributed by atoms with E-state index in [4.69, 9.17) is 9.47 Å². The number of rotatable bonds is 6. The molecule has 0 aliphatic carbocycles. The summed E-state index contributed by atoms with van der Waals surface area (Å²) in [6, 6.07) is 7.58. The second kappa shape index (κ2) is 6.75. The van der Waals surface area contributed by atoms with Gasteiger partial charge in [-0.1, -0.05) is 18.2 Å². The van der Waals surface area contributed by atoms with Gasteiger partial charge in [-0.25, -0.2) is 0 Å². The molecule has 1 fully saturated rings. The third-order valence-corrected chi connectivity index (χ3v) is 3.88. The van der Waals surface area contributed by atoms with E-state index in [1.807, 2.05) is 31.2 Å². The fraction of sp³-hybridized carbons (Fsp3) is 0.562. The summed E-state index contributed by atoms with van der Waals surface area (Å²) in [6.45, 7) is 2.04. The predicted octanol–water partition coefficient (Wildman–Crippen LogP) is 2.90. The van der Waals surface area contributed by atoms with Gasteiger partial charge in [-0.2, -0.15) is 0 Å². The fourth-order valence-corrected chi connectivity index (χ4v) is 2.78. The summed E-state index contributed by atoms with van der Waals surface area (Å²) in [7, 11) is 1.61. The van der Waals surface area contributed by atoms with Gasteiger partial charge in [0, 0.05) is 0 Å². The van der Waals surface area contributed by atoms with Gasteiger partial charge < -0.3 is 14.6 Å². The standard InChI is InChI=1S/C16H22O4/c1-11-7-8-14(20-11)10-13(16(17)18)9-12-5-3-4-6-15(12)19-2/h3-6,11,13-14H,7-10H2,1-2H3,(H,17,18). The molecule has 0 bridgehead atoms. The van der Waals surface area contributed by atoms with Crippen LogP contribution >= 0.6 is 0 Å². The quantitative estimate of drug-likeness (QED) is 0.869. The number of benzene rings is 1. The Bertz CT molecular complexity index is 458. The van der Waals surface area contributed by atoms with Crippen LogP contribution < -0.4 is 4.74 Å². The van der Waals surface area contributed by atoms with Crippen LogP contribution in [0.25, 0.3) is 0 Å². The smallest absolute Gasteiger partial charge is 0.306 e. The molecule has 3 unspecified atom stereocenters. The molecule has 110 valence electrons.